The third-order valence-corrected chi connectivity index (χ3v) is 1.14. The maximum Gasteiger partial charge on any atom is 0.407 e. The highest BCUT2D eigenvalue weighted by Gasteiger charge is 2.26. The molecule has 0 saturated heterocycles. The summed E-state index contributed by atoms with van der Waals surface area (Å²) in [6.45, 7) is 0. The SMILES string of the molecule is O[P+](O)(O)CC=CF. The number of rotatable bonds is 2. The number of halogens is 1. The minimum Gasteiger partial charge on any atom is -0.216 e. The van der Waals surface area contributed by atoms with Gasteiger partial charge < -0.3 is 0 Å². The largest absolute Gasteiger partial charge is 0.407 e. The molecule has 0 fully saturated rings. The second-order valence-corrected chi connectivity index (χ2v) is 2.99. The molecule has 0 aliphatic heterocycles. The van der Waals surface area contributed by atoms with E-state index in [2.05, 4.69) is 0 Å². The minimum absolute atomic E-state index is 0.150. The molecule has 0 radical (unpaired) electrons. The van der Waals surface area contributed by atoms with Crippen molar-refractivity contribution in [3.05, 3.63) is 12.4 Å². The Labute approximate surface area is 46.7 Å². The topological polar surface area (TPSA) is 60.7 Å². The summed E-state index contributed by atoms with van der Waals surface area (Å²) in [7, 11) is -3.76. The quantitative estimate of drug-likeness (QED) is 0.481. The van der Waals surface area contributed by atoms with Gasteiger partial charge in [-0.05, 0) is 6.08 Å². The predicted molar refractivity (Wildman–Crippen MR) is 28.7 cm³/mol. The third-order valence-electron chi connectivity index (χ3n) is 0.439. The van der Waals surface area contributed by atoms with E-state index in [-0.39, 0.29) is 6.33 Å². The van der Waals surface area contributed by atoms with Crippen LogP contribution >= 0.6 is 7.94 Å². The van der Waals surface area contributed by atoms with Gasteiger partial charge in [-0.25, -0.2) is 4.39 Å². The van der Waals surface area contributed by atoms with E-state index in [1.807, 2.05) is 0 Å². The van der Waals surface area contributed by atoms with E-state index >= 15 is 0 Å². The highest BCUT2D eigenvalue weighted by Crippen LogP contribution is 2.43. The summed E-state index contributed by atoms with van der Waals surface area (Å²) >= 11 is 0. The summed E-state index contributed by atoms with van der Waals surface area (Å²) in [5.74, 6) is 0. The molecule has 5 heteroatoms. The fraction of sp³-hybridized carbons (Fsp3) is 0.333. The van der Waals surface area contributed by atoms with Gasteiger partial charge in [-0.3, -0.25) is 0 Å². The zero-order valence-corrected chi connectivity index (χ0v) is 4.92. The highest BCUT2D eigenvalue weighted by molar-refractivity contribution is 7.58. The molecule has 0 unspecified atom stereocenters. The van der Waals surface area contributed by atoms with E-state index in [1.54, 1.807) is 0 Å². The van der Waals surface area contributed by atoms with Crippen molar-refractivity contribution < 1.29 is 19.1 Å². The minimum atomic E-state index is -3.76. The highest BCUT2D eigenvalue weighted by atomic mass is 31.2. The summed E-state index contributed by atoms with van der Waals surface area (Å²) in [6.07, 6.45) is 0.578. The molecule has 48 valence electrons. The normalized spacial score (nSPS) is 13.0. The zero-order chi connectivity index (χ0) is 6.62. The van der Waals surface area contributed by atoms with E-state index < -0.39 is 14.1 Å². The molecule has 0 saturated carbocycles. The van der Waals surface area contributed by atoms with Gasteiger partial charge >= 0.3 is 7.94 Å². The molecule has 8 heavy (non-hydrogen) atoms. The second kappa shape index (κ2) is 3.10. The molecule has 0 amide bonds. The Bertz CT molecular complexity index is 87.0. The summed E-state index contributed by atoms with van der Waals surface area (Å²) in [5.41, 5.74) is 0. The molecule has 3 N–H and O–H groups in total. The lowest BCUT2D eigenvalue weighted by molar-refractivity contribution is 0.335. The van der Waals surface area contributed by atoms with Crippen LogP contribution in [0, 0.1) is 0 Å². The van der Waals surface area contributed by atoms with Crippen LogP contribution in [-0.4, -0.2) is 20.8 Å². The fourth-order valence-corrected chi connectivity index (χ4v) is 0.544. The second-order valence-electron chi connectivity index (χ2n) is 1.24. The summed E-state index contributed by atoms with van der Waals surface area (Å²) in [4.78, 5) is 24.5. The van der Waals surface area contributed by atoms with Gasteiger partial charge in [-0.15, -0.1) is 0 Å². The first-order valence-electron chi connectivity index (χ1n) is 1.88. The summed E-state index contributed by atoms with van der Waals surface area (Å²) in [5, 5.41) is 0. The Morgan fingerprint density at radius 1 is 1.38 bits per heavy atom. The zero-order valence-electron chi connectivity index (χ0n) is 4.03. The average Bonchev–Trinajstić information content (AvgIpc) is 1.59. The van der Waals surface area contributed by atoms with Crippen molar-refractivity contribution in [3.63, 3.8) is 0 Å². The Morgan fingerprint density at radius 2 is 1.88 bits per heavy atom. The number of allylic oxidation sites excluding steroid dienone is 1. The molecule has 0 rings (SSSR count). The first-order valence-corrected chi connectivity index (χ1v) is 3.71. The molecule has 0 bridgehead atoms. The van der Waals surface area contributed by atoms with Crippen molar-refractivity contribution in [2.24, 2.45) is 0 Å². The molecule has 0 aliphatic rings. The van der Waals surface area contributed by atoms with Crippen LogP contribution in [-0.2, 0) is 0 Å². The maximum atomic E-state index is 11.0. The van der Waals surface area contributed by atoms with Crippen LogP contribution in [0.1, 0.15) is 0 Å². The molecule has 0 aliphatic carbocycles. The smallest absolute Gasteiger partial charge is 0.216 e. The van der Waals surface area contributed by atoms with Gasteiger partial charge in [0.2, 0.25) is 0 Å². The molecule has 0 atom stereocenters. The molecule has 3 nitrogen and oxygen atoms in total. The number of hydrogen-bond acceptors (Lipinski definition) is 3. The molecule has 0 aromatic carbocycles. The Balaban J connectivity index is 3.39. The van der Waals surface area contributed by atoms with Gasteiger partial charge in [0, 0.05) is 0 Å². The van der Waals surface area contributed by atoms with Crippen molar-refractivity contribution >= 4 is 7.94 Å². The first kappa shape index (κ1) is 7.98. The van der Waals surface area contributed by atoms with Crippen LogP contribution in [0.5, 0.6) is 0 Å². The average molecular weight is 141 g/mol. The monoisotopic (exact) mass is 141 g/mol. The first-order chi connectivity index (χ1) is 3.56. The predicted octanol–water partition coefficient (Wildman–Crippen LogP) is 0.209. The summed E-state index contributed by atoms with van der Waals surface area (Å²) in [6, 6.07) is 0. The van der Waals surface area contributed by atoms with E-state index in [0.29, 0.717) is 0 Å². The van der Waals surface area contributed by atoms with Crippen LogP contribution in [0.2, 0.25) is 0 Å². The van der Waals surface area contributed by atoms with Crippen molar-refractivity contribution in [3.8, 4) is 0 Å². The van der Waals surface area contributed by atoms with Crippen LogP contribution < -0.4 is 0 Å². The van der Waals surface area contributed by atoms with Crippen molar-refractivity contribution in [2.75, 3.05) is 6.16 Å². The van der Waals surface area contributed by atoms with E-state index in [1.165, 1.54) is 0 Å². The lowest BCUT2D eigenvalue weighted by atomic mass is 10.7. The molecular weight excluding hydrogens is 134 g/mol. The van der Waals surface area contributed by atoms with Crippen molar-refractivity contribution in [1.82, 2.24) is 0 Å². The van der Waals surface area contributed by atoms with Crippen LogP contribution in [0.15, 0.2) is 12.4 Å². The number of hydrogen-bond donors (Lipinski definition) is 3. The van der Waals surface area contributed by atoms with Gasteiger partial charge in [0.05, 0.1) is 6.33 Å². The van der Waals surface area contributed by atoms with Gasteiger partial charge in [0.25, 0.3) is 0 Å². The van der Waals surface area contributed by atoms with E-state index in [9.17, 15) is 4.39 Å². The van der Waals surface area contributed by atoms with E-state index in [0.717, 1.165) is 6.08 Å². The third kappa shape index (κ3) is 5.98. The molecule has 0 spiro atoms. The van der Waals surface area contributed by atoms with Gasteiger partial charge in [-0.2, -0.15) is 14.7 Å². The lowest BCUT2D eigenvalue weighted by Crippen LogP contribution is -1.90. The lowest BCUT2D eigenvalue weighted by Gasteiger charge is -1.96. The van der Waals surface area contributed by atoms with Crippen LogP contribution in [0.3, 0.4) is 0 Å². The van der Waals surface area contributed by atoms with Crippen molar-refractivity contribution in [2.45, 2.75) is 0 Å². The molecule has 0 aromatic heterocycles. The maximum absolute atomic E-state index is 11.0. The van der Waals surface area contributed by atoms with Gasteiger partial charge in [-0.1, -0.05) is 0 Å². The van der Waals surface area contributed by atoms with Crippen molar-refractivity contribution in [1.29, 1.82) is 0 Å². The summed E-state index contributed by atoms with van der Waals surface area (Å²) < 4.78 is 11.0. The fourth-order valence-electron chi connectivity index (χ4n) is 0.181. The Morgan fingerprint density at radius 3 is 2.00 bits per heavy atom. The van der Waals surface area contributed by atoms with Gasteiger partial charge in [0.1, 0.15) is 0 Å². The Hall–Kier alpha value is -0.0200. The van der Waals surface area contributed by atoms with E-state index in [4.69, 9.17) is 14.7 Å². The Kier molecular flexibility index (Phi) is 3.09. The van der Waals surface area contributed by atoms with Crippen LogP contribution in [0.4, 0.5) is 4.39 Å². The molecule has 0 aromatic rings. The van der Waals surface area contributed by atoms with Gasteiger partial charge in [0.15, 0.2) is 6.16 Å². The molecular formula is C3H7FO3P+. The molecule has 0 heterocycles. The van der Waals surface area contributed by atoms with Crippen LogP contribution in [0.25, 0.3) is 0 Å². The standard InChI is InChI=1S/C3H7FO3P/c4-2-1-3-8(5,6)7/h1-2,5-7H,3H2/q+1.